The number of carbonyl (C=O) groups is 1. The van der Waals surface area contributed by atoms with Gasteiger partial charge >= 0.3 is 5.97 Å². The van der Waals surface area contributed by atoms with Crippen LogP contribution in [0.4, 0.5) is 0 Å². The van der Waals surface area contributed by atoms with E-state index in [-0.39, 0.29) is 18.1 Å². The lowest BCUT2D eigenvalue weighted by molar-refractivity contribution is -0.136. The van der Waals surface area contributed by atoms with E-state index in [9.17, 15) is 9.90 Å². The first kappa shape index (κ1) is 21.3. The molecule has 0 radical (unpaired) electrons. The number of rotatable bonds is 7. The van der Waals surface area contributed by atoms with Crippen molar-refractivity contribution in [3.8, 4) is 0 Å². The van der Waals surface area contributed by atoms with Crippen molar-refractivity contribution in [2.45, 2.75) is 19.1 Å². The third kappa shape index (κ3) is 4.43. The van der Waals surface area contributed by atoms with Crippen LogP contribution in [0.25, 0.3) is 10.9 Å². The standard InChI is InChI=1S/C25H24N2O2.H2O/c1-26(17-19-10-4-2-5-11-19)25(20-12-6-3-7-13-20)27-18-21(16-24(28)29)22-14-8-9-15-23(22)27;/h2-15,18,25H,16-17H2,1H3,(H,28,29);1H2. The monoisotopic (exact) mass is 402 g/mol. The molecule has 0 spiro atoms. The highest BCUT2D eigenvalue weighted by Crippen LogP contribution is 2.31. The van der Waals surface area contributed by atoms with Crippen LogP contribution in [0.15, 0.2) is 91.1 Å². The van der Waals surface area contributed by atoms with Gasteiger partial charge in [-0.05, 0) is 29.8 Å². The fourth-order valence-corrected chi connectivity index (χ4v) is 3.99. The average molecular weight is 402 g/mol. The van der Waals surface area contributed by atoms with Crippen molar-refractivity contribution in [1.29, 1.82) is 0 Å². The minimum absolute atomic E-state index is 0. The SMILES string of the molecule is CN(Cc1ccccc1)C(c1ccccc1)n1cc(CC(=O)O)c2ccccc21.O. The molecular formula is C25H26N2O3. The molecule has 3 aromatic carbocycles. The van der Waals surface area contributed by atoms with Crippen LogP contribution in [-0.2, 0) is 17.8 Å². The smallest absolute Gasteiger partial charge is 0.307 e. The van der Waals surface area contributed by atoms with E-state index in [2.05, 4.69) is 59.0 Å². The van der Waals surface area contributed by atoms with Gasteiger partial charge in [-0.25, -0.2) is 0 Å². The second kappa shape index (κ2) is 9.39. The molecule has 0 bridgehead atoms. The molecule has 1 atom stereocenters. The second-order valence-electron chi connectivity index (χ2n) is 7.33. The van der Waals surface area contributed by atoms with Crippen molar-refractivity contribution in [1.82, 2.24) is 9.47 Å². The first-order valence-electron chi connectivity index (χ1n) is 9.73. The van der Waals surface area contributed by atoms with E-state index >= 15 is 0 Å². The Kier molecular flexibility index (Phi) is 6.67. The first-order valence-corrected chi connectivity index (χ1v) is 9.73. The molecule has 4 aromatic rings. The summed E-state index contributed by atoms with van der Waals surface area (Å²) in [6.07, 6.45) is 1.96. The van der Waals surface area contributed by atoms with Gasteiger partial charge < -0.3 is 15.1 Å². The van der Waals surface area contributed by atoms with Gasteiger partial charge in [-0.2, -0.15) is 0 Å². The third-order valence-corrected chi connectivity index (χ3v) is 5.22. The number of para-hydroxylation sites is 1. The summed E-state index contributed by atoms with van der Waals surface area (Å²) in [5.74, 6) is -0.818. The van der Waals surface area contributed by atoms with E-state index in [1.54, 1.807) is 0 Å². The zero-order valence-corrected chi connectivity index (χ0v) is 16.9. The van der Waals surface area contributed by atoms with E-state index < -0.39 is 5.97 Å². The summed E-state index contributed by atoms with van der Waals surface area (Å²) < 4.78 is 2.20. The fraction of sp³-hybridized carbons (Fsp3) is 0.160. The van der Waals surface area contributed by atoms with Crippen LogP contribution >= 0.6 is 0 Å². The molecule has 1 aromatic heterocycles. The summed E-state index contributed by atoms with van der Waals surface area (Å²) in [6.45, 7) is 0.779. The van der Waals surface area contributed by atoms with Crippen LogP contribution in [0.1, 0.15) is 22.9 Å². The summed E-state index contributed by atoms with van der Waals surface area (Å²) >= 11 is 0. The summed E-state index contributed by atoms with van der Waals surface area (Å²) in [6, 6.07) is 28.8. The van der Waals surface area contributed by atoms with Crippen LogP contribution in [0.3, 0.4) is 0 Å². The van der Waals surface area contributed by atoms with Gasteiger partial charge in [0.1, 0.15) is 6.17 Å². The lowest BCUT2D eigenvalue weighted by Gasteiger charge is -2.31. The molecule has 5 heteroatoms. The first-order chi connectivity index (χ1) is 14.1. The Bertz CT molecular complexity index is 1110. The normalized spacial score (nSPS) is 11.9. The van der Waals surface area contributed by atoms with Gasteiger partial charge in [-0.3, -0.25) is 9.69 Å². The van der Waals surface area contributed by atoms with Gasteiger partial charge in [-0.15, -0.1) is 0 Å². The third-order valence-electron chi connectivity index (χ3n) is 5.22. The Morgan fingerprint density at radius 2 is 1.53 bits per heavy atom. The maximum absolute atomic E-state index is 11.4. The van der Waals surface area contributed by atoms with Crippen molar-refractivity contribution < 1.29 is 15.4 Å². The van der Waals surface area contributed by atoms with Crippen molar-refractivity contribution in [3.05, 3.63) is 108 Å². The number of carboxylic acid groups (broad SMARTS) is 1. The van der Waals surface area contributed by atoms with Gasteiger partial charge in [-0.1, -0.05) is 78.9 Å². The number of aromatic nitrogens is 1. The minimum Gasteiger partial charge on any atom is -0.481 e. The topological polar surface area (TPSA) is 77.0 Å². The Hall–Kier alpha value is -3.41. The molecule has 0 aliphatic rings. The fourth-order valence-electron chi connectivity index (χ4n) is 3.99. The largest absolute Gasteiger partial charge is 0.481 e. The summed E-state index contributed by atoms with van der Waals surface area (Å²) in [7, 11) is 2.11. The summed E-state index contributed by atoms with van der Waals surface area (Å²) in [4.78, 5) is 13.7. The highest BCUT2D eigenvalue weighted by atomic mass is 16.4. The lowest BCUT2D eigenvalue weighted by atomic mass is 10.1. The van der Waals surface area contributed by atoms with Crippen LogP contribution in [-0.4, -0.2) is 33.1 Å². The molecule has 0 amide bonds. The van der Waals surface area contributed by atoms with Crippen LogP contribution in [0, 0.1) is 0 Å². The molecule has 0 saturated heterocycles. The molecule has 5 nitrogen and oxygen atoms in total. The second-order valence-corrected chi connectivity index (χ2v) is 7.33. The van der Waals surface area contributed by atoms with Crippen LogP contribution < -0.4 is 0 Å². The molecule has 154 valence electrons. The Labute approximate surface area is 176 Å². The predicted molar refractivity (Wildman–Crippen MR) is 119 cm³/mol. The molecule has 0 aliphatic heterocycles. The van der Waals surface area contributed by atoms with Gasteiger partial charge in [0.25, 0.3) is 0 Å². The Balaban J connectivity index is 0.00000256. The Morgan fingerprint density at radius 3 is 2.20 bits per heavy atom. The minimum atomic E-state index is -0.818. The highest BCUT2D eigenvalue weighted by molar-refractivity contribution is 5.87. The number of aliphatic carboxylic acids is 1. The van der Waals surface area contributed by atoms with E-state index in [4.69, 9.17) is 0 Å². The van der Waals surface area contributed by atoms with Crippen molar-refractivity contribution in [2.75, 3.05) is 7.05 Å². The van der Waals surface area contributed by atoms with E-state index in [1.807, 2.05) is 48.7 Å². The number of fused-ring (bicyclic) bond motifs is 1. The van der Waals surface area contributed by atoms with E-state index in [0.717, 1.165) is 28.6 Å². The van der Waals surface area contributed by atoms with E-state index in [1.165, 1.54) is 5.56 Å². The average Bonchev–Trinajstić information content (AvgIpc) is 3.07. The molecule has 4 rings (SSSR count). The predicted octanol–water partition coefficient (Wildman–Crippen LogP) is 4.12. The molecule has 1 heterocycles. The molecule has 1 unspecified atom stereocenters. The van der Waals surface area contributed by atoms with Crippen molar-refractivity contribution >= 4 is 16.9 Å². The van der Waals surface area contributed by atoms with Crippen molar-refractivity contribution in [2.24, 2.45) is 0 Å². The number of hydrogen-bond donors (Lipinski definition) is 1. The summed E-state index contributed by atoms with van der Waals surface area (Å²) in [5.41, 5.74) is 4.27. The molecule has 0 saturated carbocycles. The number of benzene rings is 3. The van der Waals surface area contributed by atoms with Gasteiger partial charge in [0.2, 0.25) is 0 Å². The summed E-state index contributed by atoms with van der Waals surface area (Å²) in [5, 5.41) is 10.4. The quantitative estimate of drug-likeness (QED) is 0.505. The maximum atomic E-state index is 11.4. The molecule has 0 aliphatic carbocycles. The maximum Gasteiger partial charge on any atom is 0.307 e. The molecule has 30 heavy (non-hydrogen) atoms. The number of carboxylic acids is 1. The zero-order chi connectivity index (χ0) is 20.2. The molecular weight excluding hydrogens is 376 g/mol. The number of hydrogen-bond acceptors (Lipinski definition) is 2. The van der Waals surface area contributed by atoms with Crippen molar-refractivity contribution in [3.63, 3.8) is 0 Å². The number of nitrogens with zero attached hydrogens (tertiary/aromatic N) is 2. The lowest BCUT2D eigenvalue weighted by Crippen LogP contribution is -2.29. The van der Waals surface area contributed by atoms with Gasteiger partial charge in [0, 0.05) is 23.6 Å². The molecule has 3 N–H and O–H groups in total. The van der Waals surface area contributed by atoms with E-state index in [0.29, 0.717) is 0 Å². The van der Waals surface area contributed by atoms with Crippen LogP contribution in [0.2, 0.25) is 0 Å². The van der Waals surface area contributed by atoms with Crippen LogP contribution in [0.5, 0.6) is 0 Å². The van der Waals surface area contributed by atoms with Gasteiger partial charge in [0.05, 0.1) is 6.42 Å². The zero-order valence-electron chi connectivity index (χ0n) is 16.9. The van der Waals surface area contributed by atoms with Gasteiger partial charge in [0.15, 0.2) is 0 Å². The highest BCUT2D eigenvalue weighted by Gasteiger charge is 2.22. The Morgan fingerprint density at radius 1 is 0.933 bits per heavy atom. The molecule has 0 fully saturated rings.